The number of sulfone groups is 1. The van der Waals surface area contributed by atoms with Crippen LogP contribution in [0.2, 0.25) is 0 Å². The van der Waals surface area contributed by atoms with Crippen molar-refractivity contribution < 1.29 is 36.2 Å². The Hall–Kier alpha value is -2.84. The first kappa shape index (κ1) is 36.5. The number of amides is 1. The van der Waals surface area contributed by atoms with Crippen molar-refractivity contribution in [2.24, 2.45) is 11.8 Å². The Labute approximate surface area is 300 Å². The van der Waals surface area contributed by atoms with Crippen molar-refractivity contribution in [1.82, 2.24) is 15.1 Å². The maximum atomic E-state index is 16.2. The van der Waals surface area contributed by atoms with E-state index >= 15 is 4.39 Å². The summed E-state index contributed by atoms with van der Waals surface area (Å²) in [6, 6.07) is 13.7. The van der Waals surface area contributed by atoms with E-state index in [9.17, 15) is 17.6 Å². The number of carbonyl (C=O) groups excluding carboxylic acids is 1. The lowest BCUT2D eigenvalue weighted by Crippen LogP contribution is -2.65. The number of ether oxygens (including phenoxy) is 3. The van der Waals surface area contributed by atoms with E-state index in [2.05, 4.69) is 21.2 Å². The summed E-state index contributed by atoms with van der Waals surface area (Å²) in [5.74, 6) is -0.0169. The zero-order chi connectivity index (χ0) is 35.6. The smallest absolute Gasteiger partial charge is 0.407 e. The van der Waals surface area contributed by atoms with Gasteiger partial charge >= 0.3 is 6.09 Å². The maximum Gasteiger partial charge on any atom is 0.407 e. The molecule has 13 heteroatoms. The number of piperidine rings is 1. The topological polar surface area (TPSA) is 101 Å². The van der Waals surface area contributed by atoms with E-state index in [4.69, 9.17) is 14.2 Å². The second-order valence-corrected chi connectivity index (χ2v) is 17.4. The standard InChI is InChI=1S/C38H52F2N4O6S/c1-48-36(45)41-35-8-3-7-34(35)38(27-42-15-4-16-42,29-5-2-6-30(39)21-29)28-13-17-43(18-14-28)24-37(40)25-44(26-37)31-9-11-33(12-10-31)51(46,47)23-32-22-49-19-20-50-32/h2,5-6,9-12,21,28,32,34-35H,3-4,7-8,13-20,22-27H2,1H3,(H,41,45)/t32-,34+,35+,38+/m1/s1. The number of halogens is 2. The third-order valence-corrected chi connectivity index (χ3v) is 13.9. The van der Waals surface area contributed by atoms with Crippen LogP contribution in [0.5, 0.6) is 0 Å². The van der Waals surface area contributed by atoms with Gasteiger partial charge in [0, 0.05) is 30.2 Å². The molecule has 1 aliphatic carbocycles. The molecule has 0 aromatic heterocycles. The van der Waals surface area contributed by atoms with Crippen LogP contribution in [0, 0.1) is 17.7 Å². The van der Waals surface area contributed by atoms with Gasteiger partial charge in [-0.05, 0) is 112 Å². The van der Waals surface area contributed by atoms with Gasteiger partial charge in [-0.1, -0.05) is 18.6 Å². The zero-order valence-electron chi connectivity index (χ0n) is 29.6. The molecule has 51 heavy (non-hydrogen) atoms. The molecule has 5 aliphatic rings. The molecule has 0 spiro atoms. The third kappa shape index (κ3) is 7.93. The lowest BCUT2D eigenvalue weighted by atomic mass is 9.57. The molecule has 280 valence electrons. The highest BCUT2D eigenvalue weighted by Gasteiger charge is 2.54. The van der Waals surface area contributed by atoms with E-state index in [1.54, 1.807) is 30.3 Å². The molecule has 1 saturated carbocycles. The molecule has 1 N–H and O–H groups in total. The van der Waals surface area contributed by atoms with Gasteiger partial charge in [0.15, 0.2) is 15.5 Å². The van der Waals surface area contributed by atoms with Crippen molar-refractivity contribution in [2.45, 2.75) is 66.6 Å². The summed E-state index contributed by atoms with van der Waals surface area (Å²) >= 11 is 0. The second kappa shape index (κ2) is 15.3. The van der Waals surface area contributed by atoms with Crippen LogP contribution in [0.15, 0.2) is 53.4 Å². The number of nitrogens with one attached hydrogen (secondary N) is 1. The first-order chi connectivity index (χ1) is 24.6. The van der Waals surface area contributed by atoms with Crippen molar-refractivity contribution >= 4 is 21.6 Å². The Kier molecular flexibility index (Phi) is 10.9. The summed E-state index contributed by atoms with van der Waals surface area (Å²) in [4.78, 5) is 19.4. The number of hydrogen-bond acceptors (Lipinski definition) is 9. The highest BCUT2D eigenvalue weighted by atomic mass is 32.2. The Morgan fingerprint density at radius 2 is 1.76 bits per heavy atom. The zero-order valence-corrected chi connectivity index (χ0v) is 30.4. The van der Waals surface area contributed by atoms with Gasteiger partial charge < -0.3 is 29.3 Å². The number of alkyl halides is 1. The van der Waals surface area contributed by atoms with Crippen molar-refractivity contribution in [1.29, 1.82) is 0 Å². The Morgan fingerprint density at radius 1 is 1.00 bits per heavy atom. The van der Waals surface area contributed by atoms with E-state index in [1.807, 2.05) is 11.0 Å². The monoisotopic (exact) mass is 730 g/mol. The molecule has 0 unspecified atom stereocenters. The van der Waals surface area contributed by atoms with Crippen molar-refractivity contribution in [3.63, 3.8) is 0 Å². The van der Waals surface area contributed by atoms with Gasteiger partial charge in [-0.15, -0.1) is 0 Å². The molecule has 4 aliphatic heterocycles. The molecule has 7 rings (SSSR count). The van der Waals surface area contributed by atoms with E-state index < -0.39 is 27.7 Å². The fraction of sp³-hybridized carbons (Fsp3) is 0.658. The van der Waals surface area contributed by atoms with Gasteiger partial charge in [-0.2, -0.15) is 0 Å². The van der Waals surface area contributed by atoms with Gasteiger partial charge in [-0.3, -0.25) is 4.90 Å². The number of nitrogens with zero attached hydrogens (tertiary/aromatic N) is 3. The molecule has 10 nitrogen and oxygen atoms in total. The number of alkyl carbamates (subject to hydrolysis) is 1. The Bertz CT molecular complexity index is 1610. The van der Waals surface area contributed by atoms with Gasteiger partial charge in [0.1, 0.15) is 5.82 Å². The summed E-state index contributed by atoms with van der Waals surface area (Å²) in [6.07, 6.45) is 4.76. The van der Waals surface area contributed by atoms with Crippen molar-refractivity contribution in [2.75, 3.05) is 89.9 Å². The largest absolute Gasteiger partial charge is 0.453 e. The number of methoxy groups -OCH3 is 1. The number of hydrogen-bond donors (Lipinski definition) is 1. The van der Waals surface area contributed by atoms with Crippen molar-refractivity contribution in [3.8, 4) is 0 Å². The highest BCUT2D eigenvalue weighted by molar-refractivity contribution is 7.91. The molecule has 2 aromatic carbocycles. The molecule has 4 atom stereocenters. The van der Waals surface area contributed by atoms with Gasteiger partial charge in [-0.25, -0.2) is 22.0 Å². The lowest BCUT2D eigenvalue weighted by Gasteiger charge is -2.54. The molecule has 4 saturated heterocycles. The summed E-state index contributed by atoms with van der Waals surface area (Å²) in [5.41, 5.74) is 0.0709. The fourth-order valence-electron chi connectivity index (χ4n) is 9.50. The van der Waals surface area contributed by atoms with Crippen LogP contribution in [0.25, 0.3) is 0 Å². The molecule has 0 bridgehead atoms. The summed E-state index contributed by atoms with van der Waals surface area (Å²) in [5, 5.41) is 3.14. The van der Waals surface area contributed by atoms with Crippen molar-refractivity contribution in [3.05, 3.63) is 59.9 Å². The molecule has 5 fully saturated rings. The minimum atomic E-state index is -3.54. The van der Waals surface area contributed by atoms with Crippen LogP contribution in [-0.4, -0.2) is 127 Å². The second-order valence-electron chi connectivity index (χ2n) is 15.4. The van der Waals surface area contributed by atoms with Gasteiger partial charge in [0.2, 0.25) is 0 Å². The minimum Gasteiger partial charge on any atom is -0.453 e. The van der Waals surface area contributed by atoms with Crippen LogP contribution in [0.3, 0.4) is 0 Å². The molecule has 2 aromatic rings. The fourth-order valence-corrected chi connectivity index (χ4v) is 10.9. The normalized spacial score (nSPS) is 27.3. The molecule has 4 heterocycles. The SMILES string of the molecule is COC(=O)N[C@H]1CCC[C@@H]1[C@](CN1CCC1)(c1cccc(F)c1)C1CCN(CC2(F)CN(c3ccc(S(=O)(=O)C[C@H]4COCCO4)cc3)C2)CC1. The number of rotatable bonds is 12. The first-order valence-electron chi connectivity index (χ1n) is 18.6. The number of carbonyl (C=O) groups is 1. The van der Waals surface area contributed by atoms with Gasteiger partial charge in [0.05, 0.1) is 56.8 Å². The van der Waals surface area contributed by atoms with Crippen LogP contribution in [-0.2, 0) is 29.5 Å². The minimum absolute atomic E-state index is 0.0650. The van der Waals surface area contributed by atoms with Crippen LogP contribution < -0.4 is 10.2 Å². The van der Waals surface area contributed by atoms with E-state index in [0.29, 0.717) is 19.8 Å². The molecular formula is C38H52F2N4O6S. The Morgan fingerprint density at radius 3 is 2.41 bits per heavy atom. The number of likely N-dealkylation sites (tertiary alicyclic amines) is 2. The van der Waals surface area contributed by atoms with E-state index in [1.165, 1.54) is 13.2 Å². The Balaban J connectivity index is 1.01. The third-order valence-electron chi connectivity index (χ3n) is 12.1. The molecule has 0 radical (unpaired) electrons. The summed E-state index contributed by atoms with van der Waals surface area (Å²) in [6.45, 7) is 6.31. The average molecular weight is 731 g/mol. The molecular weight excluding hydrogens is 679 g/mol. The number of benzene rings is 2. The van der Waals surface area contributed by atoms with Crippen LogP contribution >= 0.6 is 0 Å². The maximum absolute atomic E-state index is 16.2. The predicted molar refractivity (Wildman–Crippen MR) is 190 cm³/mol. The lowest BCUT2D eigenvalue weighted by molar-refractivity contribution is -0.0782. The quantitative estimate of drug-likeness (QED) is 0.340. The van der Waals surface area contributed by atoms with Gasteiger partial charge in [0.25, 0.3) is 0 Å². The first-order valence-corrected chi connectivity index (χ1v) is 20.2. The van der Waals surface area contributed by atoms with E-state index in [-0.39, 0.29) is 59.5 Å². The highest BCUT2D eigenvalue weighted by Crippen LogP contribution is 2.51. The molecule has 1 amide bonds. The summed E-state index contributed by atoms with van der Waals surface area (Å²) in [7, 11) is -2.15. The predicted octanol–water partition coefficient (Wildman–Crippen LogP) is 4.42. The summed E-state index contributed by atoms with van der Waals surface area (Å²) < 4.78 is 72.9. The van der Waals surface area contributed by atoms with Crippen LogP contribution in [0.4, 0.5) is 19.3 Å². The average Bonchev–Trinajstić information content (AvgIpc) is 3.56. The van der Waals surface area contributed by atoms with Crippen LogP contribution in [0.1, 0.15) is 44.1 Å². The number of anilines is 1. The van der Waals surface area contributed by atoms with E-state index in [0.717, 1.165) is 82.5 Å².